The third kappa shape index (κ3) is 3.87. The lowest BCUT2D eigenvalue weighted by molar-refractivity contribution is -0.134. The Morgan fingerprint density at radius 3 is 2.82 bits per heavy atom. The van der Waals surface area contributed by atoms with Gasteiger partial charge in [-0.25, -0.2) is 4.79 Å². The molecule has 0 aromatic heterocycles. The molecule has 1 aliphatic rings. The number of esters is 1. The van der Waals surface area contributed by atoms with Gasteiger partial charge in [-0.2, -0.15) is 0 Å². The van der Waals surface area contributed by atoms with Gasteiger partial charge in [0.05, 0.1) is 20.3 Å². The van der Waals surface area contributed by atoms with Gasteiger partial charge in [-0.3, -0.25) is 0 Å². The van der Waals surface area contributed by atoms with Crippen molar-refractivity contribution in [2.75, 3.05) is 28.1 Å². The van der Waals surface area contributed by atoms with Crippen LogP contribution in [0.4, 0.5) is 0 Å². The molecule has 0 radical (unpaired) electrons. The molecule has 0 aliphatic heterocycles. The van der Waals surface area contributed by atoms with Crippen LogP contribution in [0, 0.1) is 0 Å². The van der Waals surface area contributed by atoms with Crippen LogP contribution in [0.1, 0.15) is 24.0 Å². The summed E-state index contributed by atoms with van der Waals surface area (Å²) < 4.78 is 20.9. The fourth-order valence-electron chi connectivity index (χ4n) is 2.72. The van der Waals surface area contributed by atoms with Crippen LogP contribution in [0.3, 0.4) is 0 Å². The van der Waals surface area contributed by atoms with Crippen LogP contribution in [-0.2, 0) is 25.4 Å². The van der Waals surface area contributed by atoms with E-state index in [4.69, 9.17) is 18.9 Å². The van der Waals surface area contributed by atoms with E-state index in [-0.39, 0.29) is 18.9 Å². The average Bonchev–Trinajstić information content (AvgIpc) is 2.72. The summed E-state index contributed by atoms with van der Waals surface area (Å²) in [5.41, 5.74) is 3.00. The summed E-state index contributed by atoms with van der Waals surface area (Å²) in [6.07, 6.45) is 3.88. The Labute approximate surface area is 130 Å². The summed E-state index contributed by atoms with van der Waals surface area (Å²) >= 11 is 0. The van der Waals surface area contributed by atoms with Crippen LogP contribution >= 0.6 is 0 Å². The minimum absolute atomic E-state index is 0.0503. The second-order valence-corrected chi connectivity index (χ2v) is 5.13. The molecule has 0 saturated heterocycles. The molecule has 120 valence electrons. The largest absolute Gasteiger partial charge is 0.496 e. The Morgan fingerprint density at radius 2 is 2.14 bits per heavy atom. The molecular weight excluding hydrogens is 284 g/mol. The standard InChI is InChI=1S/C17H22O5/c1-19-11-22-14-8-7-13(10-16(18)21-3)17-12(9-14)5-4-6-15(17)20-2/h4-6,10,14H,7-9,11H2,1-3H3/b13-10+. The van der Waals surface area contributed by atoms with E-state index in [2.05, 4.69) is 0 Å². The molecule has 0 spiro atoms. The lowest BCUT2D eigenvalue weighted by Crippen LogP contribution is -2.16. The van der Waals surface area contributed by atoms with Crippen LogP contribution in [0.15, 0.2) is 24.3 Å². The Kier molecular flexibility index (Phi) is 5.98. The lowest BCUT2D eigenvalue weighted by atomic mass is 9.97. The Balaban J connectivity index is 2.40. The number of carbonyl (C=O) groups is 1. The fourth-order valence-corrected chi connectivity index (χ4v) is 2.72. The van der Waals surface area contributed by atoms with Crippen molar-refractivity contribution in [2.24, 2.45) is 0 Å². The number of ether oxygens (including phenoxy) is 4. The third-order valence-corrected chi connectivity index (χ3v) is 3.75. The first-order chi connectivity index (χ1) is 10.7. The van der Waals surface area contributed by atoms with Gasteiger partial charge in [0.2, 0.25) is 0 Å². The molecular formula is C17H22O5. The first-order valence-corrected chi connectivity index (χ1v) is 7.25. The van der Waals surface area contributed by atoms with E-state index in [1.54, 1.807) is 20.3 Å². The molecule has 0 bridgehead atoms. The van der Waals surface area contributed by atoms with Crippen molar-refractivity contribution in [1.82, 2.24) is 0 Å². The number of benzene rings is 1. The molecule has 1 unspecified atom stereocenters. The second-order valence-electron chi connectivity index (χ2n) is 5.13. The highest BCUT2D eigenvalue weighted by Crippen LogP contribution is 2.37. The monoisotopic (exact) mass is 306 g/mol. The molecule has 0 saturated carbocycles. The number of carbonyl (C=O) groups excluding carboxylic acids is 1. The summed E-state index contributed by atoms with van der Waals surface area (Å²) in [4.78, 5) is 11.7. The highest BCUT2D eigenvalue weighted by molar-refractivity contribution is 5.93. The van der Waals surface area contributed by atoms with Gasteiger partial charge in [0.1, 0.15) is 12.5 Å². The summed E-state index contributed by atoms with van der Waals surface area (Å²) in [6.45, 7) is 0.264. The normalized spacial score (nSPS) is 19.4. The highest BCUT2D eigenvalue weighted by atomic mass is 16.7. The van der Waals surface area contributed by atoms with Crippen LogP contribution in [-0.4, -0.2) is 40.2 Å². The van der Waals surface area contributed by atoms with Gasteiger partial charge in [0, 0.05) is 18.7 Å². The fraction of sp³-hybridized carbons (Fsp3) is 0.471. The molecule has 5 heteroatoms. The van der Waals surface area contributed by atoms with Crippen molar-refractivity contribution in [3.8, 4) is 5.75 Å². The Hall–Kier alpha value is -1.85. The maximum Gasteiger partial charge on any atom is 0.330 e. The summed E-state index contributed by atoms with van der Waals surface area (Å²) in [6, 6.07) is 5.89. The maximum atomic E-state index is 11.7. The van der Waals surface area contributed by atoms with Gasteiger partial charge in [-0.15, -0.1) is 0 Å². The first kappa shape index (κ1) is 16.5. The molecule has 5 nitrogen and oxygen atoms in total. The van der Waals surface area contributed by atoms with E-state index < -0.39 is 0 Å². The summed E-state index contributed by atoms with van der Waals surface area (Å²) in [5, 5.41) is 0. The molecule has 1 aromatic carbocycles. The summed E-state index contributed by atoms with van der Waals surface area (Å²) in [5.74, 6) is 0.406. The minimum atomic E-state index is -0.358. The topological polar surface area (TPSA) is 54.0 Å². The Bertz CT molecular complexity index is 550. The highest BCUT2D eigenvalue weighted by Gasteiger charge is 2.23. The number of methoxy groups -OCH3 is 3. The van der Waals surface area contributed by atoms with Crippen LogP contribution in [0.2, 0.25) is 0 Å². The number of hydrogen-bond acceptors (Lipinski definition) is 5. The van der Waals surface area contributed by atoms with Gasteiger partial charge < -0.3 is 18.9 Å². The van der Waals surface area contributed by atoms with Gasteiger partial charge in [0.25, 0.3) is 0 Å². The van der Waals surface area contributed by atoms with E-state index >= 15 is 0 Å². The van der Waals surface area contributed by atoms with Crippen molar-refractivity contribution < 1.29 is 23.7 Å². The molecule has 0 fully saturated rings. The summed E-state index contributed by atoms with van der Waals surface area (Å²) in [7, 11) is 4.62. The molecule has 1 aromatic rings. The van der Waals surface area contributed by atoms with E-state index in [1.165, 1.54) is 7.11 Å². The quantitative estimate of drug-likeness (QED) is 0.362. The smallest absolute Gasteiger partial charge is 0.330 e. The zero-order chi connectivity index (χ0) is 15.9. The first-order valence-electron chi connectivity index (χ1n) is 7.25. The van der Waals surface area contributed by atoms with Crippen LogP contribution in [0.5, 0.6) is 5.75 Å². The van der Waals surface area contributed by atoms with E-state index in [0.29, 0.717) is 0 Å². The van der Waals surface area contributed by atoms with E-state index in [1.807, 2.05) is 18.2 Å². The molecule has 2 rings (SSSR count). The van der Waals surface area contributed by atoms with Crippen molar-refractivity contribution in [3.05, 3.63) is 35.4 Å². The van der Waals surface area contributed by atoms with E-state index in [0.717, 1.165) is 41.7 Å². The molecule has 0 N–H and O–H groups in total. The maximum absolute atomic E-state index is 11.7. The molecule has 0 amide bonds. The molecule has 22 heavy (non-hydrogen) atoms. The van der Waals surface area contributed by atoms with Crippen molar-refractivity contribution in [1.29, 1.82) is 0 Å². The van der Waals surface area contributed by atoms with Gasteiger partial charge in [-0.05, 0) is 36.5 Å². The average molecular weight is 306 g/mol. The Morgan fingerprint density at radius 1 is 1.32 bits per heavy atom. The molecule has 1 atom stereocenters. The SMILES string of the molecule is COCOC1CC/C(=C\C(=O)OC)c2c(cccc2OC)C1. The van der Waals surface area contributed by atoms with Crippen molar-refractivity contribution in [2.45, 2.75) is 25.4 Å². The number of fused-ring (bicyclic) bond motifs is 1. The number of rotatable bonds is 5. The predicted octanol–water partition coefficient (Wildman–Crippen LogP) is 2.58. The number of hydrogen-bond donors (Lipinski definition) is 0. The van der Waals surface area contributed by atoms with Gasteiger partial charge in [-0.1, -0.05) is 12.1 Å². The van der Waals surface area contributed by atoms with Gasteiger partial charge >= 0.3 is 5.97 Å². The van der Waals surface area contributed by atoms with Crippen LogP contribution < -0.4 is 4.74 Å². The van der Waals surface area contributed by atoms with Crippen LogP contribution in [0.25, 0.3) is 5.57 Å². The lowest BCUT2D eigenvalue weighted by Gasteiger charge is -2.15. The zero-order valence-corrected chi connectivity index (χ0v) is 13.3. The second kappa shape index (κ2) is 7.96. The van der Waals surface area contributed by atoms with Crippen molar-refractivity contribution in [3.63, 3.8) is 0 Å². The predicted molar refractivity (Wildman–Crippen MR) is 82.7 cm³/mol. The molecule has 0 heterocycles. The number of allylic oxidation sites excluding steroid dienone is 1. The van der Waals surface area contributed by atoms with E-state index in [9.17, 15) is 4.79 Å². The third-order valence-electron chi connectivity index (χ3n) is 3.75. The minimum Gasteiger partial charge on any atom is -0.496 e. The zero-order valence-electron chi connectivity index (χ0n) is 13.3. The van der Waals surface area contributed by atoms with Crippen molar-refractivity contribution >= 4 is 11.5 Å². The molecule has 1 aliphatic carbocycles. The van der Waals surface area contributed by atoms with Gasteiger partial charge in [0.15, 0.2) is 0 Å².